The van der Waals surface area contributed by atoms with Gasteiger partial charge in [-0.25, -0.2) is 0 Å². The van der Waals surface area contributed by atoms with E-state index in [4.69, 9.17) is 9.47 Å². The summed E-state index contributed by atoms with van der Waals surface area (Å²) in [6.07, 6.45) is 3.69. The maximum Gasteiger partial charge on any atom is 0.161 e. The van der Waals surface area contributed by atoms with Crippen molar-refractivity contribution in [3.8, 4) is 11.5 Å². The summed E-state index contributed by atoms with van der Waals surface area (Å²) in [5.41, 5.74) is 1.30. The van der Waals surface area contributed by atoms with Gasteiger partial charge in [0, 0.05) is 12.1 Å². The van der Waals surface area contributed by atoms with Gasteiger partial charge in [0.15, 0.2) is 11.5 Å². The summed E-state index contributed by atoms with van der Waals surface area (Å²) < 4.78 is 11.2. The first kappa shape index (κ1) is 14.2. The molecule has 106 valence electrons. The van der Waals surface area contributed by atoms with Gasteiger partial charge >= 0.3 is 0 Å². The number of nitrogens with one attached hydrogen (secondary N) is 1. The molecule has 0 radical (unpaired) electrons. The Bertz CT molecular complexity index is 402. The molecule has 1 unspecified atom stereocenters. The van der Waals surface area contributed by atoms with E-state index >= 15 is 0 Å². The second kappa shape index (κ2) is 6.80. The minimum absolute atomic E-state index is 0.514. The molecule has 1 aliphatic carbocycles. The fourth-order valence-corrected chi connectivity index (χ4v) is 2.29. The van der Waals surface area contributed by atoms with Gasteiger partial charge < -0.3 is 14.8 Å². The van der Waals surface area contributed by atoms with Gasteiger partial charge in [-0.3, -0.25) is 0 Å². The molecule has 1 fully saturated rings. The van der Waals surface area contributed by atoms with Crippen LogP contribution in [0, 0.1) is 0 Å². The molecule has 1 aliphatic rings. The quantitative estimate of drug-likeness (QED) is 0.781. The molecule has 1 aromatic carbocycles. The number of rotatable bonds is 8. The summed E-state index contributed by atoms with van der Waals surface area (Å²) >= 11 is 0. The number of hydrogen-bond acceptors (Lipinski definition) is 3. The molecule has 2 rings (SSSR count). The van der Waals surface area contributed by atoms with Crippen LogP contribution in [-0.2, 0) is 6.42 Å². The Labute approximate surface area is 116 Å². The highest BCUT2D eigenvalue weighted by Crippen LogP contribution is 2.29. The lowest BCUT2D eigenvalue weighted by atomic mass is 10.1. The first-order chi connectivity index (χ1) is 9.22. The molecule has 0 amide bonds. The molecule has 19 heavy (non-hydrogen) atoms. The molecular weight excluding hydrogens is 238 g/mol. The maximum atomic E-state index is 5.66. The third-order valence-corrected chi connectivity index (χ3v) is 3.25. The van der Waals surface area contributed by atoms with Crippen LogP contribution in [0.1, 0.15) is 39.2 Å². The van der Waals surface area contributed by atoms with Crippen LogP contribution in [-0.4, -0.2) is 25.3 Å². The topological polar surface area (TPSA) is 30.5 Å². The Hall–Kier alpha value is -1.22. The second-order valence-corrected chi connectivity index (χ2v) is 5.19. The van der Waals surface area contributed by atoms with E-state index < -0.39 is 0 Å². The van der Waals surface area contributed by atoms with Gasteiger partial charge in [0.2, 0.25) is 0 Å². The Morgan fingerprint density at radius 1 is 1.16 bits per heavy atom. The average Bonchev–Trinajstić information content (AvgIpc) is 3.17. The lowest BCUT2D eigenvalue weighted by Gasteiger charge is -2.16. The average molecular weight is 263 g/mol. The maximum absolute atomic E-state index is 5.66. The molecule has 0 aliphatic heterocycles. The summed E-state index contributed by atoms with van der Waals surface area (Å²) in [6.45, 7) is 7.57. The van der Waals surface area contributed by atoms with Crippen LogP contribution in [0.3, 0.4) is 0 Å². The van der Waals surface area contributed by atoms with E-state index in [0.717, 1.165) is 24.0 Å². The standard InChI is InChI=1S/C16H25NO2/c1-4-18-15-9-6-13(11-16(15)19-5-2)10-12(3)17-14-7-8-14/h6,9,11-12,14,17H,4-5,7-8,10H2,1-3H3. The molecule has 0 heterocycles. The predicted molar refractivity (Wildman–Crippen MR) is 78.1 cm³/mol. The van der Waals surface area contributed by atoms with Gasteiger partial charge in [-0.15, -0.1) is 0 Å². The van der Waals surface area contributed by atoms with Crippen LogP contribution < -0.4 is 14.8 Å². The summed E-state index contributed by atoms with van der Waals surface area (Å²) in [5.74, 6) is 1.70. The van der Waals surface area contributed by atoms with E-state index in [1.54, 1.807) is 0 Å². The van der Waals surface area contributed by atoms with Crippen molar-refractivity contribution in [3.05, 3.63) is 23.8 Å². The molecule has 1 N–H and O–H groups in total. The zero-order valence-corrected chi connectivity index (χ0v) is 12.2. The van der Waals surface area contributed by atoms with Crippen molar-refractivity contribution in [3.63, 3.8) is 0 Å². The van der Waals surface area contributed by atoms with E-state index in [1.807, 2.05) is 19.9 Å². The first-order valence-electron chi connectivity index (χ1n) is 7.37. The fraction of sp³-hybridized carbons (Fsp3) is 0.625. The molecule has 1 atom stereocenters. The van der Waals surface area contributed by atoms with Gasteiger partial charge in [0.1, 0.15) is 0 Å². The van der Waals surface area contributed by atoms with Crippen LogP contribution in [0.5, 0.6) is 11.5 Å². The molecule has 0 aromatic heterocycles. The SMILES string of the molecule is CCOc1ccc(CC(C)NC2CC2)cc1OCC. The molecule has 0 bridgehead atoms. The predicted octanol–water partition coefficient (Wildman–Crippen LogP) is 3.17. The summed E-state index contributed by atoms with van der Waals surface area (Å²) in [6, 6.07) is 7.54. The van der Waals surface area contributed by atoms with E-state index in [1.165, 1.54) is 18.4 Å². The Morgan fingerprint density at radius 3 is 2.47 bits per heavy atom. The Balaban J connectivity index is 2.00. The molecule has 0 spiro atoms. The van der Waals surface area contributed by atoms with E-state index in [9.17, 15) is 0 Å². The van der Waals surface area contributed by atoms with Crippen molar-refractivity contribution in [2.24, 2.45) is 0 Å². The van der Waals surface area contributed by atoms with Crippen LogP contribution in [0.25, 0.3) is 0 Å². The highest BCUT2D eigenvalue weighted by atomic mass is 16.5. The second-order valence-electron chi connectivity index (χ2n) is 5.19. The number of hydrogen-bond donors (Lipinski definition) is 1. The van der Waals surface area contributed by atoms with Crippen LogP contribution >= 0.6 is 0 Å². The minimum Gasteiger partial charge on any atom is -0.490 e. The van der Waals surface area contributed by atoms with E-state index in [0.29, 0.717) is 19.3 Å². The smallest absolute Gasteiger partial charge is 0.161 e. The third kappa shape index (κ3) is 4.43. The van der Waals surface area contributed by atoms with Crippen molar-refractivity contribution in [2.45, 2.75) is 52.1 Å². The molecule has 3 nitrogen and oxygen atoms in total. The zero-order chi connectivity index (χ0) is 13.7. The van der Waals surface area contributed by atoms with Gasteiger partial charge in [-0.05, 0) is 57.7 Å². The van der Waals surface area contributed by atoms with Crippen LogP contribution in [0.2, 0.25) is 0 Å². The van der Waals surface area contributed by atoms with Crippen LogP contribution in [0.15, 0.2) is 18.2 Å². The third-order valence-electron chi connectivity index (χ3n) is 3.25. The van der Waals surface area contributed by atoms with Gasteiger partial charge in [-0.2, -0.15) is 0 Å². The largest absolute Gasteiger partial charge is 0.490 e. The van der Waals surface area contributed by atoms with E-state index in [-0.39, 0.29) is 0 Å². The highest BCUT2D eigenvalue weighted by molar-refractivity contribution is 5.43. The monoisotopic (exact) mass is 263 g/mol. The molecule has 1 saturated carbocycles. The number of ether oxygens (including phenoxy) is 2. The van der Waals surface area contributed by atoms with Crippen molar-refractivity contribution >= 4 is 0 Å². The lowest BCUT2D eigenvalue weighted by molar-refractivity contribution is 0.287. The fourth-order valence-electron chi connectivity index (χ4n) is 2.29. The number of benzene rings is 1. The Kier molecular flexibility index (Phi) is 5.08. The van der Waals surface area contributed by atoms with Crippen molar-refractivity contribution in [1.82, 2.24) is 5.32 Å². The molecule has 1 aromatic rings. The van der Waals surface area contributed by atoms with Gasteiger partial charge in [0.05, 0.1) is 13.2 Å². The van der Waals surface area contributed by atoms with Crippen molar-refractivity contribution < 1.29 is 9.47 Å². The van der Waals surface area contributed by atoms with Gasteiger partial charge in [-0.1, -0.05) is 6.07 Å². The van der Waals surface area contributed by atoms with Crippen molar-refractivity contribution in [1.29, 1.82) is 0 Å². The summed E-state index contributed by atoms with van der Waals surface area (Å²) in [7, 11) is 0. The van der Waals surface area contributed by atoms with Crippen molar-refractivity contribution in [2.75, 3.05) is 13.2 Å². The first-order valence-corrected chi connectivity index (χ1v) is 7.37. The minimum atomic E-state index is 0.514. The molecule has 3 heteroatoms. The summed E-state index contributed by atoms with van der Waals surface area (Å²) in [4.78, 5) is 0. The summed E-state index contributed by atoms with van der Waals surface area (Å²) in [5, 5.41) is 3.62. The molecular formula is C16H25NO2. The highest BCUT2D eigenvalue weighted by Gasteiger charge is 2.22. The Morgan fingerprint density at radius 2 is 1.84 bits per heavy atom. The normalized spacial score (nSPS) is 16.2. The van der Waals surface area contributed by atoms with Crippen LogP contribution in [0.4, 0.5) is 0 Å². The lowest BCUT2D eigenvalue weighted by Crippen LogP contribution is -2.29. The molecule has 0 saturated heterocycles. The van der Waals surface area contributed by atoms with Gasteiger partial charge in [0.25, 0.3) is 0 Å². The zero-order valence-electron chi connectivity index (χ0n) is 12.2. The van der Waals surface area contributed by atoms with E-state index in [2.05, 4.69) is 24.4 Å².